The first-order valence-corrected chi connectivity index (χ1v) is 4.97. The molecule has 0 aliphatic heterocycles. The fourth-order valence-corrected chi connectivity index (χ4v) is 1.71. The monoisotopic (exact) mass is 233 g/mol. The summed E-state index contributed by atoms with van der Waals surface area (Å²) in [4.78, 5) is 26.2. The Morgan fingerprint density at radius 1 is 1.41 bits per heavy atom. The number of hydrogen-bond acceptors (Lipinski definition) is 3. The normalized spacial score (nSPS) is 10.5. The molecule has 0 spiro atoms. The highest BCUT2D eigenvalue weighted by Crippen LogP contribution is 2.22. The highest BCUT2D eigenvalue weighted by Gasteiger charge is 2.15. The number of nitrogens with one attached hydrogen (secondary N) is 1. The number of carbonyl (C=O) groups is 2. The minimum Gasteiger partial charge on any atom is -0.478 e. The topological polar surface area (TPSA) is 84.2 Å². The molecule has 1 heterocycles. The van der Waals surface area contributed by atoms with Gasteiger partial charge in [-0.1, -0.05) is 6.07 Å². The lowest BCUT2D eigenvalue weighted by Crippen LogP contribution is -2.10. The van der Waals surface area contributed by atoms with E-state index in [-0.39, 0.29) is 11.5 Å². The maximum absolute atomic E-state index is 11.1. The Morgan fingerprint density at radius 2 is 2.12 bits per heavy atom. The van der Waals surface area contributed by atoms with Crippen molar-refractivity contribution in [1.82, 2.24) is 9.55 Å². The summed E-state index contributed by atoms with van der Waals surface area (Å²) in [5.74, 6) is -0.936. The van der Waals surface area contributed by atoms with E-state index >= 15 is 0 Å². The fraction of sp³-hybridized carbons (Fsp3) is 0.182. The summed E-state index contributed by atoms with van der Waals surface area (Å²) in [6.07, 6.45) is 0. The molecule has 0 unspecified atom stereocenters. The maximum Gasteiger partial charge on any atom is 0.337 e. The van der Waals surface area contributed by atoms with Gasteiger partial charge < -0.3 is 9.67 Å². The molecule has 6 nitrogen and oxygen atoms in total. The molecule has 1 aromatic carbocycles. The quantitative estimate of drug-likeness (QED) is 0.817. The van der Waals surface area contributed by atoms with Gasteiger partial charge in [-0.25, -0.2) is 9.78 Å². The predicted molar refractivity (Wildman–Crippen MR) is 62.0 cm³/mol. The molecule has 1 amide bonds. The number of fused-ring (bicyclic) bond motifs is 1. The standard InChI is InChI=1S/C11H11N3O3/c1-6(15)12-11-13-8-5-3-4-7(10(16)17)9(8)14(11)2/h3-5H,1-2H3,(H,16,17)(H,12,13,15). The first kappa shape index (κ1) is 11.1. The third kappa shape index (κ3) is 1.84. The first-order valence-electron chi connectivity index (χ1n) is 4.97. The Bertz CT molecular complexity index is 616. The van der Waals surface area contributed by atoms with Crippen LogP contribution in [0.1, 0.15) is 17.3 Å². The zero-order valence-electron chi connectivity index (χ0n) is 9.39. The van der Waals surface area contributed by atoms with Gasteiger partial charge >= 0.3 is 5.97 Å². The number of anilines is 1. The molecule has 0 bridgehead atoms. The smallest absolute Gasteiger partial charge is 0.337 e. The second-order valence-corrected chi connectivity index (χ2v) is 3.65. The zero-order chi connectivity index (χ0) is 12.6. The molecular weight excluding hydrogens is 222 g/mol. The Balaban J connectivity index is 2.69. The van der Waals surface area contributed by atoms with Crippen LogP contribution in [0.3, 0.4) is 0 Å². The molecule has 0 aliphatic carbocycles. The average molecular weight is 233 g/mol. The van der Waals surface area contributed by atoms with Crippen molar-refractivity contribution < 1.29 is 14.7 Å². The summed E-state index contributed by atoms with van der Waals surface area (Å²) < 4.78 is 1.56. The van der Waals surface area contributed by atoms with Crippen LogP contribution in [-0.2, 0) is 11.8 Å². The van der Waals surface area contributed by atoms with Gasteiger partial charge in [0.2, 0.25) is 11.9 Å². The second-order valence-electron chi connectivity index (χ2n) is 3.65. The molecule has 0 saturated heterocycles. The van der Waals surface area contributed by atoms with Crippen molar-refractivity contribution in [2.24, 2.45) is 7.05 Å². The number of benzene rings is 1. The van der Waals surface area contributed by atoms with Gasteiger partial charge in [-0.05, 0) is 12.1 Å². The Morgan fingerprint density at radius 3 is 2.71 bits per heavy atom. The van der Waals surface area contributed by atoms with Crippen molar-refractivity contribution in [3.8, 4) is 0 Å². The van der Waals surface area contributed by atoms with Gasteiger partial charge in [0.25, 0.3) is 0 Å². The number of hydrogen-bond donors (Lipinski definition) is 2. The number of para-hydroxylation sites is 1. The number of imidazole rings is 1. The average Bonchev–Trinajstić information content (AvgIpc) is 2.55. The number of carboxylic acid groups (broad SMARTS) is 1. The molecule has 2 N–H and O–H groups in total. The van der Waals surface area contributed by atoms with Crippen LogP contribution in [0.4, 0.5) is 5.95 Å². The summed E-state index contributed by atoms with van der Waals surface area (Å²) in [5, 5.41) is 11.6. The number of aromatic carboxylic acids is 1. The van der Waals surface area contributed by atoms with Crippen LogP contribution < -0.4 is 5.32 Å². The molecule has 0 radical (unpaired) electrons. The van der Waals surface area contributed by atoms with Crippen molar-refractivity contribution in [3.63, 3.8) is 0 Å². The molecule has 2 rings (SSSR count). The van der Waals surface area contributed by atoms with Crippen molar-refractivity contribution in [2.75, 3.05) is 5.32 Å². The summed E-state index contributed by atoms with van der Waals surface area (Å²) >= 11 is 0. The first-order chi connectivity index (χ1) is 8.00. The van der Waals surface area contributed by atoms with Gasteiger partial charge in [-0.2, -0.15) is 0 Å². The summed E-state index contributed by atoms with van der Waals surface area (Å²) in [6.45, 7) is 1.37. The van der Waals surface area contributed by atoms with E-state index in [9.17, 15) is 9.59 Å². The Kier molecular flexibility index (Phi) is 2.55. The van der Waals surface area contributed by atoms with E-state index in [1.54, 1.807) is 23.7 Å². The number of carbonyl (C=O) groups excluding carboxylic acids is 1. The third-order valence-electron chi connectivity index (χ3n) is 2.41. The van der Waals surface area contributed by atoms with Crippen molar-refractivity contribution >= 4 is 28.9 Å². The van der Waals surface area contributed by atoms with E-state index < -0.39 is 5.97 Å². The molecule has 0 saturated carbocycles. The number of nitrogens with zero attached hydrogens (tertiary/aromatic N) is 2. The molecule has 2 aromatic rings. The third-order valence-corrected chi connectivity index (χ3v) is 2.41. The Hall–Kier alpha value is -2.37. The van der Waals surface area contributed by atoms with Gasteiger partial charge in [0.05, 0.1) is 16.6 Å². The SMILES string of the molecule is CC(=O)Nc1nc2cccc(C(=O)O)c2n1C. The highest BCUT2D eigenvalue weighted by molar-refractivity contribution is 6.02. The number of amides is 1. The molecule has 0 aliphatic rings. The molecule has 17 heavy (non-hydrogen) atoms. The van der Waals surface area contributed by atoms with E-state index in [2.05, 4.69) is 10.3 Å². The van der Waals surface area contributed by atoms with Crippen molar-refractivity contribution in [2.45, 2.75) is 6.92 Å². The molecule has 6 heteroatoms. The number of carboxylic acids is 1. The summed E-state index contributed by atoms with van der Waals surface area (Å²) in [5.41, 5.74) is 1.19. The van der Waals surface area contributed by atoms with E-state index in [0.29, 0.717) is 17.0 Å². The lowest BCUT2D eigenvalue weighted by molar-refractivity contribution is -0.114. The fourth-order valence-electron chi connectivity index (χ4n) is 1.71. The highest BCUT2D eigenvalue weighted by atomic mass is 16.4. The van der Waals surface area contributed by atoms with Crippen LogP contribution in [0.25, 0.3) is 11.0 Å². The lowest BCUT2D eigenvalue weighted by Gasteiger charge is -2.03. The van der Waals surface area contributed by atoms with Crippen LogP contribution in [0, 0.1) is 0 Å². The summed E-state index contributed by atoms with van der Waals surface area (Å²) in [6, 6.07) is 4.83. The molecule has 0 fully saturated rings. The van der Waals surface area contributed by atoms with Gasteiger partial charge in [0, 0.05) is 14.0 Å². The van der Waals surface area contributed by atoms with E-state index in [1.165, 1.54) is 13.0 Å². The lowest BCUT2D eigenvalue weighted by atomic mass is 10.2. The zero-order valence-corrected chi connectivity index (χ0v) is 9.39. The number of rotatable bonds is 2. The van der Waals surface area contributed by atoms with E-state index in [4.69, 9.17) is 5.11 Å². The van der Waals surface area contributed by atoms with Gasteiger partial charge in [-0.15, -0.1) is 0 Å². The maximum atomic E-state index is 11.1. The van der Waals surface area contributed by atoms with Crippen LogP contribution in [-0.4, -0.2) is 26.5 Å². The van der Waals surface area contributed by atoms with Crippen molar-refractivity contribution in [3.05, 3.63) is 23.8 Å². The van der Waals surface area contributed by atoms with Crippen LogP contribution in [0.2, 0.25) is 0 Å². The van der Waals surface area contributed by atoms with Gasteiger partial charge in [0.1, 0.15) is 0 Å². The minimum atomic E-state index is -1.02. The second kappa shape index (κ2) is 3.89. The van der Waals surface area contributed by atoms with Gasteiger partial charge in [0.15, 0.2) is 0 Å². The minimum absolute atomic E-state index is 0.161. The van der Waals surface area contributed by atoms with Crippen LogP contribution in [0.5, 0.6) is 0 Å². The number of aryl methyl sites for hydroxylation is 1. The molecule has 88 valence electrons. The Labute approximate surface area is 96.9 Å². The summed E-state index contributed by atoms with van der Waals surface area (Å²) in [7, 11) is 1.66. The van der Waals surface area contributed by atoms with Crippen LogP contribution in [0.15, 0.2) is 18.2 Å². The van der Waals surface area contributed by atoms with Gasteiger partial charge in [-0.3, -0.25) is 10.1 Å². The van der Waals surface area contributed by atoms with E-state index in [1.807, 2.05) is 0 Å². The van der Waals surface area contributed by atoms with Crippen LogP contribution >= 0.6 is 0 Å². The number of aromatic nitrogens is 2. The largest absolute Gasteiger partial charge is 0.478 e. The molecule has 1 aromatic heterocycles. The van der Waals surface area contributed by atoms with E-state index in [0.717, 1.165) is 0 Å². The molecular formula is C11H11N3O3. The predicted octanol–water partition coefficient (Wildman–Crippen LogP) is 1.23. The molecule has 0 atom stereocenters. The van der Waals surface area contributed by atoms with Crippen molar-refractivity contribution in [1.29, 1.82) is 0 Å².